The molecule has 1 fully saturated rings. The fourth-order valence-electron chi connectivity index (χ4n) is 4.30. The molecule has 0 unspecified atom stereocenters. The smallest absolute Gasteiger partial charge is 0.298 e. The fraction of sp³-hybridized carbons (Fsp3) is 0.364. The average molecular weight is 361 g/mol. The summed E-state index contributed by atoms with van der Waals surface area (Å²) in [4.78, 5) is 21.9. The highest BCUT2D eigenvalue weighted by molar-refractivity contribution is 5.96. The van der Waals surface area contributed by atoms with Gasteiger partial charge in [-0.1, -0.05) is 30.3 Å². The van der Waals surface area contributed by atoms with Gasteiger partial charge in [0, 0.05) is 31.2 Å². The molecule has 0 radical (unpaired) electrons. The van der Waals surface area contributed by atoms with Crippen LogP contribution in [0.15, 0.2) is 52.9 Å². The van der Waals surface area contributed by atoms with Gasteiger partial charge in [0.05, 0.1) is 0 Å². The minimum Gasteiger partial charge on any atom is -0.423 e. The molecule has 27 heavy (non-hydrogen) atoms. The summed E-state index contributed by atoms with van der Waals surface area (Å²) in [5.74, 6) is 0.358. The minimum absolute atomic E-state index is 0.0804. The van der Waals surface area contributed by atoms with Crippen LogP contribution in [-0.4, -0.2) is 30.5 Å². The van der Waals surface area contributed by atoms with Crippen LogP contribution in [0.4, 0.5) is 11.7 Å². The van der Waals surface area contributed by atoms with E-state index in [1.807, 2.05) is 35.2 Å². The number of oxazole rings is 1. The van der Waals surface area contributed by atoms with E-state index in [2.05, 4.69) is 28.1 Å². The van der Waals surface area contributed by atoms with Gasteiger partial charge in [-0.05, 0) is 49.4 Å². The summed E-state index contributed by atoms with van der Waals surface area (Å²) in [6, 6.07) is 16.8. The molecule has 1 aromatic heterocycles. The number of piperidine rings is 1. The molecule has 1 saturated heterocycles. The zero-order valence-electron chi connectivity index (χ0n) is 15.3. The lowest BCUT2D eigenvalue weighted by Gasteiger charge is -2.36. The first-order valence-electron chi connectivity index (χ1n) is 9.79. The van der Waals surface area contributed by atoms with E-state index in [1.54, 1.807) is 0 Å². The predicted molar refractivity (Wildman–Crippen MR) is 106 cm³/mol. The monoisotopic (exact) mass is 361 g/mol. The zero-order chi connectivity index (χ0) is 18.2. The lowest BCUT2D eigenvalue weighted by Crippen LogP contribution is -2.44. The zero-order valence-corrected chi connectivity index (χ0v) is 15.3. The SMILES string of the molecule is O=C(C1CCN(c2nc3ccccc3o2)CC1)N1CCCc2ccccc21. The highest BCUT2D eigenvalue weighted by Crippen LogP contribution is 2.31. The molecule has 0 spiro atoms. The highest BCUT2D eigenvalue weighted by atomic mass is 16.4. The molecule has 0 aliphatic carbocycles. The number of carbonyl (C=O) groups excluding carboxylic acids is 1. The quantitative estimate of drug-likeness (QED) is 0.692. The Balaban J connectivity index is 1.28. The molecule has 2 aliphatic rings. The van der Waals surface area contributed by atoms with E-state index in [-0.39, 0.29) is 11.8 Å². The van der Waals surface area contributed by atoms with Crippen molar-refractivity contribution in [2.45, 2.75) is 25.7 Å². The van der Waals surface area contributed by atoms with Gasteiger partial charge in [-0.25, -0.2) is 0 Å². The Morgan fingerprint density at radius 1 is 1.00 bits per heavy atom. The molecular formula is C22H23N3O2. The van der Waals surface area contributed by atoms with Gasteiger partial charge in [0.1, 0.15) is 5.52 Å². The van der Waals surface area contributed by atoms with E-state index in [0.29, 0.717) is 6.01 Å². The summed E-state index contributed by atoms with van der Waals surface area (Å²) in [5, 5.41) is 0. The number of aryl methyl sites for hydroxylation is 1. The number of hydrogen-bond donors (Lipinski definition) is 0. The van der Waals surface area contributed by atoms with Gasteiger partial charge in [0.15, 0.2) is 5.58 Å². The van der Waals surface area contributed by atoms with Crippen LogP contribution in [0.25, 0.3) is 11.1 Å². The van der Waals surface area contributed by atoms with Crippen LogP contribution in [-0.2, 0) is 11.2 Å². The van der Waals surface area contributed by atoms with Crippen molar-refractivity contribution in [3.63, 3.8) is 0 Å². The van der Waals surface area contributed by atoms with Crippen LogP contribution in [0, 0.1) is 5.92 Å². The molecule has 0 atom stereocenters. The number of carbonyl (C=O) groups is 1. The van der Waals surface area contributed by atoms with E-state index in [0.717, 1.165) is 62.1 Å². The van der Waals surface area contributed by atoms with Crippen LogP contribution < -0.4 is 9.80 Å². The van der Waals surface area contributed by atoms with Gasteiger partial charge in [-0.15, -0.1) is 0 Å². The van der Waals surface area contributed by atoms with Gasteiger partial charge in [0.2, 0.25) is 5.91 Å². The van der Waals surface area contributed by atoms with Crippen molar-refractivity contribution in [3.05, 3.63) is 54.1 Å². The predicted octanol–water partition coefficient (Wildman–Crippen LogP) is 4.02. The maximum absolute atomic E-state index is 13.2. The maximum atomic E-state index is 13.2. The molecule has 138 valence electrons. The second kappa shape index (κ2) is 6.72. The van der Waals surface area contributed by atoms with Crippen molar-refractivity contribution in [3.8, 4) is 0 Å². The van der Waals surface area contributed by atoms with Crippen molar-refractivity contribution in [2.24, 2.45) is 5.92 Å². The average Bonchev–Trinajstić information content (AvgIpc) is 3.17. The summed E-state index contributed by atoms with van der Waals surface area (Å²) in [5.41, 5.74) is 4.10. The van der Waals surface area contributed by atoms with Crippen LogP contribution >= 0.6 is 0 Å². The van der Waals surface area contributed by atoms with Gasteiger partial charge >= 0.3 is 0 Å². The molecule has 1 amide bonds. The third-order valence-electron chi connectivity index (χ3n) is 5.77. The summed E-state index contributed by atoms with van der Waals surface area (Å²) < 4.78 is 5.89. The molecule has 2 aliphatic heterocycles. The lowest BCUT2D eigenvalue weighted by molar-refractivity contribution is -0.123. The summed E-state index contributed by atoms with van der Waals surface area (Å²) in [6.45, 7) is 2.44. The number of hydrogen-bond acceptors (Lipinski definition) is 4. The standard InChI is InChI=1S/C22H23N3O2/c26-21(25-13-5-7-16-6-1-3-9-19(16)25)17-11-14-24(15-12-17)22-23-18-8-2-4-10-20(18)27-22/h1-4,6,8-10,17H,5,7,11-15H2. The van der Waals surface area contributed by atoms with Gasteiger partial charge < -0.3 is 14.2 Å². The first-order valence-corrected chi connectivity index (χ1v) is 9.79. The minimum atomic E-state index is 0.0804. The van der Waals surface area contributed by atoms with Crippen LogP contribution in [0.3, 0.4) is 0 Å². The fourth-order valence-corrected chi connectivity index (χ4v) is 4.30. The largest absolute Gasteiger partial charge is 0.423 e. The lowest BCUT2D eigenvalue weighted by atomic mass is 9.93. The Hall–Kier alpha value is -2.82. The van der Waals surface area contributed by atoms with Crippen LogP contribution in [0.5, 0.6) is 0 Å². The van der Waals surface area contributed by atoms with Gasteiger partial charge in [-0.2, -0.15) is 4.98 Å². The van der Waals surface area contributed by atoms with Crippen molar-refractivity contribution >= 4 is 28.7 Å². The van der Waals surface area contributed by atoms with Gasteiger partial charge in [-0.3, -0.25) is 4.79 Å². The third-order valence-corrected chi connectivity index (χ3v) is 5.77. The molecule has 0 bridgehead atoms. The van der Waals surface area contributed by atoms with Crippen molar-refractivity contribution in [1.82, 2.24) is 4.98 Å². The van der Waals surface area contributed by atoms with E-state index in [9.17, 15) is 4.79 Å². The molecule has 3 aromatic rings. The van der Waals surface area contributed by atoms with Crippen LogP contribution in [0.1, 0.15) is 24.8 Å². The maximum Gasteiger partial charge on any atom is 0.298 e. The number of amides is 1. The van der Waals surface area contributed by atoms with Gasteiger partial charge in [0.25, 0.3) is 6.01 Å². The molecular weight excluding hydrogens is 338 g/mol. The van der Waals surface area contributed by atoms with E-state index in [1.165, 1.54) is 5.56 Å². The summed E-state index contributed by atoms with van der Waals surface area (Å²) in [7, 11) is 0. The van der Waals surface area contributed by atoms with E-state index >= 15 is 0 Å². The number of aromatic nitrogens is 1. The molecule has 3 heterocycles. The van der Waals surface area contributed by atoms with Crippen molar-refractivity contribution in [2.75, 3.05) is 29.4 Å². The molecule has 2 aromatic carbocycles. The topological polar surface area (TPSA) is 49.6 Å². The molecule has 5 heteroatoms. The third kappa shape index (κ3) is 2.97. The van der Waals surface area contributed by atoms with E-state index in [4.69, 9.17) is 4.42 Å². The Labute approximate surface area is 158 Å². The Morgan fingerprint density at radius 2 is 1.78 bits per heavy atom. The second-order valence-electron chi connectivity index (χ2n) is 7.45. The number of para-hydroxylation sites is 3. The molecule has 5 rings (SSSR count). The summed E-state index contributed by atoms with van der Waals surface area (Å²) >= 11 is 0. The van der Waals surface area contributed by atoms with Crippen LogP contribution in [0.2, 0.25) is 0 Å². The van der Waals surface area contributed by atoms with Crippen molar-refractivity contribution < 1.29 is 9.21 Å². The number of anilines is 2. The Kier molecular flexibility index (Phi) is 4.07. The Bertz CT molecular complexity index is 939. The number of nitrogens with zero attached hydrogens (tertiary/aromatic N) is 3. The second-order valence-corrected chi connectivity index (χ2v) is 7.45. The first-order chi connectivity index (χ1) is 13.3. The molecule has 0 N–H and O–H groups in total. The normalized spacial score (nSPS) is 17.9. The number of benzene rings is 2. The summed E-state index contributed by atoms with van der Waals surface area (Å²) in [6.07, 6.45) is 3.80. The first kappa shape index (κ1) is 16.4. The number of rotatable bonds is 2. The van der Waals surface area contributed by atoms with Crippen molar-refractivity contribution in [1.29, 1.82) is 0 Å². The number of fused-ring (bicyclic) bond motifs is 2. The van der Waals surface area contributed by atoms with E-state index < -0.39 is 0 Å². The highest BCUT2D eigenvalue weighted by Gasteiger charge is 2.32. The Morgan fingerprint density at radius 3 is 2.63 bits per heavy atom. The molecule has 5 nitrogen and oxygen atoms in total. The molecule has 0 saturated carbocycles.